The number of amides is 1. The molecule has 0 saturated carbocycles. The third-order valence-corrected chi connectivity index (χ3v) is 2.16. The molecule has 0 radical (unpaired) electrons. The minimum Gasteiger partial charge on any atom is -0.492 e. The minimum absolute atomic E-state index is 0.211. The van der Waals surface area contributed by atoms with Crippen molar-refractivity contribution in [2.75, 3.05) is 6.61 Å². The number of nitrogens with one attached hydrogen (secondary N) is 1. The highest BCUT2D eigenvalue weighted by Crippen LogP contribution is 2.24. The maximum atomic E-state index is 12.7. The Hall–Kier alpha value is -1.33. The van der Waals surface area contributed by atoms with Gasteiger partial charge in [-0.1, -0.05) is 11.6 Å². The number of carbonyl (C=O) groups is 1. The average molecular weight is 247 g/mol. The fourth-order valence-electron chi connectivity index (χ4n) is 1.08. The van der Waals surface area contributed by atoms with E-state index in [9.17, 15) is 9.18 Å². The molecule has 16 heavy (non-hydrogen) atoms. The molecule has 0 bridgehead atoms. The van der Waals surface area contributed by atoms with Crippen molar-refractivity contribution >= 4 is 17.5 Å². The maximum absolute atomic E-state index is 12.7. The van der Waals surface area contributed by atoms with Crippen LogP contribution in [0.2, 0.25) is 5.02 Å². The number of hydrogen-bond donors (Lipinski definition) is 2. The van der Waals surface area contributed by atoms with E-state index in [1.165, 1.54) is 18.2 Å². The number of nitrogens with two attached hydrogens (primary N) is 1. The van der Waals surface area contributed by atoms with Gasteiger partial charge >= 0.3 is 0 Å². The SMILES string of the molecule is NNC(=O)CCCOc1ccc(F)cc1Cl. The van der Waals surface area contributed by atoms with Crippen LogP contribution >= 0.6 is 11.6 Å². The first kappa shape index (κ1) is 12.7. The van der Waals surface area contributed by atoms with Crippen LogP contribution in [0.5, 0.6) is 5.75 Å². The van der Waals surface area contributed by atoms with E-state index in [0.29, 0.717) is 18.8 Å². The van der Waals surface area contributed by atoms with Crippen LogP contribution < -0.4 is 16.0 Å². The van der Waals surface area contributed by atoms with Crippen molar-refractivity contribution < 1.29 is 13.9 Å². The summed E-state index contributed by atoms with van der Waals surface area (Å²) in [7, 11) is 0. The summed E-state index contributed by atoms with van der Waals surface area (Å²) in [6.45, 7) is 0.318. The normalized spacial score (nSPS) is 9.94. The highest BCUT2D eigenvalue weighted by molar-refractivity contribution is 6.32. The highest BCUT2D eigenvalue weighted by atomic mass is 35.5. The summed E-state index contributed by atoms with van der Waals surface area (Å²) in [4.78, 5) is 10.8. The van der Waals surface area contributed by atoms with Crippen molar-refractivity contribution in [2.45, 2.75) is 12.8 Å². The molecule has 1 aromatic carbocycles. The average Bonchev–Trinajstić information content (AvgIpc) is 2.26. The van der Waals surface area contributed by atoms with E-state index in [1.54, 1.807) is 0 Å². The second-order valence-electron chi connectivity index (χ2n) is 3.09. The van der Waals surface area contributed by atoms with E-state index in [2.05, 4.69) is 0 Å². The van der Waals surface area contributed by atoms with Gasteiger partial charge in [0.15, 0.2) is 0 Å². The molecule has 0 aliphatic rings. The van der Waals surface area contributed by atoms with Gasteiger partial charge in [0.1, 0.15) is 11.6 Å². The second-order valence-corrected chi connectivity index (χ2v) is 3.50. The molecule has 0 unspecified atom stereocenters. The van der Waals surface area contributed by atoms with Crippen molar-refractivity contribution in [3.8, 4) is 5.75 Å². The minimum atomic E-state index is -0.417. The van der Waals surface area contributed by atoms with E-state index in [1.807, 2.05) is 5.43 Å². The molecular weight excluding hydrogens is 235 g/mol. The molecule has 0 aliphatic carbocycles. The summed E-state index contributed by atoms with van der Waals surface area (Å²) in [5, 5.41) is 0.211. The van der Waals surface area contributed by atoms with Crippen molar-refractivity contribution in [1.29, 1.82) is 0 Å². The van der Waals surface area contributed by atoms with Gasteiger partial charge in [-0.25, -0.2) is 10.2 Å². The fraction of sp³-hybridized carbons (Fsp3) is 0.300. The Bertz CT molecular complexity index is 374. The predicted octanol–water partition coefficient (Wildman–Crippen LogP) is 1.63. The predicted molar refractivity (Wildman–Crippen MR) is 58.5 cm³/mol. The number of benzene rings is 1. The van der Waals surface area contributed by atoms with Gasteiger partial charge in [-0.15, -0.1) is 0 Å². The molecule has 1 aromatic rings. The third-order valence-electron chi connectivity index (χ3n) is 1.86. The molecular formula is C10H12ClFN2O2. The number of hydrazine groups is 1. The molecule has 0 atom stereocenters. The van der Waals surface area contributed by atoms with E-state index in [4.69, 9.17) is 22.2 Å². The van der Waals surface area contributed by atoms with Gasteiger partial charge in [-0.2, -0.15) is 0 Å². The van der Waals surface area contributed by atoms with Crippen LogP contribution in [0, 0.1) is 5.82 Å². The van der Waals surface area contributed by atoms with Gasteiger partial charge in [-0.05, 0) is 24.6 Å². The van der Waals surface area contributed by atoms with Crippen LogP contribution in [0.4, 0.5) is 4.39 Å². The topological polar surface area (TPSA) is 64.3 Å². The maximum Gasteiger partial charge on any atom is 0.234 e. The third kappa shape index (κ3) is 4.04. The van der Waals surface area contributed by atoms with Crippen molar-refractivity contribution in [3.05, 3.63) is 29.0 Å². The molecule has 0 saturated heterocycles. The number of carbonyl (C=O) groups excluding carboxylic acids is 1. The van der Waals surface area contributed by atoms with Gasteiger partial charge in [-0.3, -0.25) is 10.2 Å². The molecule has 0 aromatic heterocycles. The Kier molecular flexibility index (Phi) is 5.01. The Labute approximate surface area is 97.5 Å². The van der Waals surface area contributed by atoms with E-state index < -0.39 is 5.82 Å². The van der Waals surface area contributed by atoms with Crippen molar-refractivity contribution in [2.24, 2.45) is 5.84 Å². The van der Waals surface area contributed by atoms with Crippen LogP contribution in [-0.4, -0.2) is 12.5 Å². The highest BCUT2D eigenvalue weighted by Gasteiger charge is 2.03. The van der Waals surface area contributed by atoms with Crippen LogP contribution in [0.15, 0.2) is 18.2 Å². The molecule has 0 heterocycles. The smallest absolute Gasteiger partial charge is 0.234 e. The fourth-order valence-corrected chi connectivity index (χ4v) is 1.30. The summed E-state index contributed by atoms with van der Waals surface area (Å²) in [5.74, 6) is 4.63. The molecule has 0 spiro atoms. The molecule has 3 N–H and O–H groups in total. The van der Waals surface area contributed by atoms with Gasteiger partial charge in [0.05, 0.1) is 11.6 Å². The number of hydrogen-bond acceptors (Lipinski definition) is 3. The lowest BCUT2D eigenvalue weighted by atomic mass is 10.3. The molecule has 4 nitrogen and oxygen atoms in total. The summed E-state index contributed by atoms with van der Waals surface area (Å²) < 4.78 is 17.9. The largest absolute Gasteiger partial charge is 0.492 e. The zero-order chi connectivity index (χ0) is 12.0. The summed E-state index contributed by atoms with van der Waals surface area (Å²) in [5.41, 5.74) is 2.01. The Balaban J connectivity index is 2.35. The van der Waals surface area contributed by atoms with Gasteiger partial charge in [0.2, 0.25) is 5.91 Å². The molecule has 1 amide bonds. The van der Waals surface area contributed by atoms with E-state index in [0.717, 1.165) is 0 Å². The number of rotatable bonds is 5. The van der Waals surface area contributed by atoms with Crippen molar-refractivity contribution in [3.63, 3.8) is 0 Å². The number of ether oxygens (including phenoxy) is 1. The summed E-state index contributed by atoms with van der Waals surface area (Å²) in [6.07, 6.45) is 0.784. The lowest BCUT2D eigenvalue weighted by molar-refractivity contribution is -0.121. The summed E-state index contributed by atoms with van der Waals surface area (Å²) in [6, 6.07) is 3.87. The number of halogens is 2. The van der Waals surface area contributed by atoms with Crippen molar-refractivity contribution in [1.82, 2.24) is 5.43 Å². The summed E-state index contributed by atoms with van der Waals surface area (Å²) >= 11 is 5.73. The molecule has 88 valence electrons. The monoisotopic (exact) mass is 246 g/mol. The quantitative estimate of drug-likeness (QED) is 0.359. The first-order valence-corrected chi connectivity index (χ1v) is 5.08. The lowest BCUT2D eigenvalue weighted by Gasteiger charge is -2.07. The van der Waals surface area contributed by atoms with E-state index >= 15 is 0 Å². The van der Waals surface area contributed by atoms with Gasteiger partial charge in [0, 0.05) is 6.42 Å². The van der Waals surface area contributed by atoms with E-state index in [-0.39, 0.29) is 17.4 Å². The van der Waals surface area contributed by atoms with Gasteiger partial charge in [0.25, 0.3) is 0 Å². The Morgan fingerprint density at radius 2 is 2.31 bits per heavy atom. The second kappa shape index (κ2) is 6.30. The van der Waals surface area contributed by atoms with Crippen LogP contribution in [0.25, 0.3) is 0 Å². The molecule has 6 heteroatoms. The van der Waals surface area contributed by atoms with Crippen LogP contribution in [-0.2, 0) is 4.79 Å². The first-order valence-electron chi connectivity index (χ1n) is 4.71. The van der Waals surface area contributed by atoms with Crippen LogP contribution in [0.3, 0.4) is 0 Å². The van der Waals surface area contributed by atoms with Crippen LogP contribution in [0.1, 0.15) is 12.8 Å². The standard InChI is InChI=1S/C10H12ClFN2O2/c11-8-6-7(12)3-4-9(8)16-5-1-2-10(15)14-13/h3-4,6H,1-2,5,13H2,(H,14,15). The molecule has 0 fully saturated rings. The zero-order valence-electron chi connectivity index (χ0n) is 8.50. The Morgan fingerprint density at radius 1 is 1.56 bits per heavy atom. The zero-order valence-corrected chi connectivity index (χ0v) is 9.26. The Morgan fingerprint density at radius 3 is 2.94 bits per heavy atom. The lowest BCUT2D eigenvalue weighted by Crippen LogP contribution is -2.29. The van der Waals surface area contributed by atoms with Gasteiger partial charge < -0.3 is 4.74 Å². The molecule has 0 aliphatic heterocycles. The first-order chi connectivity index (χ1) is 7.63. The molecule has 1 rings (SSSR count).